The van der Waals surface area contributed by atoms with Crippen LogP contribution in [0, 0.1) is 11.2 Å². The van der Waals surface area contributed by atoms with Crippen molar-refractivity contribution in [3.05, 3.63) is 35.6 Å². The first kappa shape index (κ1) is 7.72. The second-order valence-corrected chi connectivity index (χ2v) is 2.33. The van der Waals surface area contributed by atoms with Gasteiger partial charge in [-0.1, -0.05) is 12.1 Å². The molecule has 0 heterocycles. The highest BCUT2D eigenvalue weighted by Gasteiger charge is 1.95. The molecule has 0 atom stereocenters. The molecule has 0 aliphatic carbocycles. The highest BCUT2D eigenvalue weighted by molar-refractivity contribution is 5.79. The van der Waals surface area contributed by atoms with Crippen LogP contribution in [0.2, 0.25) is 0 Å². The lowest BCUT2D eigenvalue weighted by Gasteiger charge is -1.97. The monoisotopic (exact) mass is 152 g/mol. The normalized spacial score (nSPS) is 9.55. The largest absolute Gasteiger partial charge is 0.387 e. The van der Waals surface area contributed by atoms with Crippen LogP contribution in [0.3, 0.4) is 0 Å². The lowest BCUT2D eigenvalue weighted by atomic mass is 10.1. The topological polar surface area (TPSA) is 49.9 Å². The Hall–Kier alpha value is -1.38. The van der Waals surface area contributed by atoms with Crippen LogP contribution in [0.25, 0.3) is 0 Å². The molecule has 0 fully saturated rings. The Morgan fingerprint density at radius 3 is 2.82 bits per heavy atom. The number of amidine groups is 1. The zero-order valence-corrected chi connectivity index (χ0v) is 5.97. The highest BCUT2D eigenvalue weighted by Crippen LogP contribution is 2.03. The number of hydrogen-bond donors (Lipinski definition) is 2. The minimum absolute atomic E-state index is 0.0515. The molecule has 1 aromatic carbocycles. The summed E-state index contributed by atoms with van der Waals surface area (Å²) in [4.78, 5) is 0. The fourth-order valence-electron chi connectivity index (χ4n) is 0.867. The molecule has 0 radical (unpaired) electrons. The van der Waals surface area contributed by atoms with Gasteiger partial charge in [-0.2, -0.15) is 0 Å². The van der Waals surface area contributed by atoms with E-state index in [-0.39, 0.29) is 11.7 Å². The van der Waals surface area contributed by atoms with Crippen molar-refractivity contribution in [1.82, 2.24) is 0 Å². The van der Waals surface area contributed by atoms with Crippen molar-refractivity contribution < 1.29 is 4.39 Å². The summed E-state index contributed by atoms with van der Waals surface area (Å²) in [5.74, 6) is -0.237. The number of nitrogens with one attached hydrogen (secondary N) is 1. The van der Waals surface area contributed by atoms with E-state index in [1.54, 1.807) is 12.1 Å². The van der Waals surface area contributed by atoms with Gasteiger partial charge in [0, 0.05) is 6.42 Å². The van der Waals surface area contributed by atoms with Gasteiger partial charge in [0.2, 0.25) is 0 Å². The van der Waals surface area contributed by atoms with Gasteiger partial charge in [-0.25, -0.2) is 4.39 Å². The first-order chi connectivity index (χ1) is 5.18. The molecular weight excluding hydrogens is 143 g/mol. The minimum Gasteiger partial charge on any atom is -0.387 e. The Kier molecular flexibility index (Phi) is 2.21. The quantitative estimate of drug-likeness (QED) is 0.487. The third-order valence-electron chi connectivity index (χ3n) is 1.28. The Morgan fingerprint density at radius 1 is 1.55 bits per heavy atom. The van der Waals surface area contributed by atoms with E-state index < -0.39 is 0 Å². The molecule has 0 aromatic heterocycles. The summed E-state index contributed by atoms with van der Waals surface area (Å²) in [5.41, 5.74) is 5.87. The minimum atomic E-state index is -0.288. The fraction of sp³-hybridized carbons (Fsp3) is 0.125. The molecule has 0 unspecified atom stereocenters. The summed E-state index contributed by atoms with van der Waals surface area (Å²) in [6, 6.07) is 6.09. The van der Waals surface area contributed by atoms with Crippen molar-refractivity contribution in [3.8, 4) is 0 Å². The molecule has 11 heavy (non-hydrogen) atoms. The van der Waals surface area contributed by atoms with E-state index in [1.165, 1.54) is 12.1 Å². The molecule has 3 heteroatoms. The maximum atomic E-state index is 12.5. The van der Waals surface area contributed by atoms with Crippen molar-refractivity contribution in [3.63, 3.8) is 0 Å². The number of hydrogen-bond acceptors (Lipinski definition) is 1. The Morgan fingerprint density at radius 2 is 2.27 bits per heavy atom. The molecule has 0 aliphatic heterocycles. The number of benzene rings is 1. The standard InChI is InChI=1S/C8H9FN2/c9-7-3-1-2-6(4-7)5-8(10)11/h1-4H,5H2,(H3,10,11). The van der Waals surface area contributed by atoms with Crippen LogP contribution in [0.1, 0.15) is 5.56 Å². The molecule has 1 aromatic rings. The third-order valence-corrected chi connectivity index (χ3v) is 1.28. The van der Waals surface area contributed by atoms with Crippen LogP contribution in [-0.2, 0) is 6.42 Å². The van der Waals surface area contributed by atoms with Crippen molar-refractivity contribution in [2.45, 2.75) is 6.42 Å². The fourth-order valence-corrected chi connectivity index (χ4v) is 0.867. The lowest BCUT2D eigenvalue weighted by molar-refractivity contribution is 0.626. The molecular formula is C8H9FN2. The Bertz CT molecular complexity index is 271. The molecule has 58 valence electrons. The van der Waals surface area contributed by atoms with Crippen molar-refractivity contribution in [1.29, 1.82) is 5.41 Å². The first-order valence-corrected chi connectivity index (χ1v) is 3.26. The Balaban J connectivity index is 2.79. The van der Waals surface area contributed by atoms with E-state index in [4.69, 9.17) is 11.1 Å². The van der Waals surface area contributed by atoms with Gasteiger partial charge in [0.25, 0.3) is 0 Å². The van der Waals surface area contributed by atoms with E-state index in [0.29, 0.717) is 6.42 Å². The van der Waals surface area contributed by atoms with Gasteiger partial charge in [-0.3, -0.25) is 5.41 Å². The van der Waals surface area contributed by atoms with Gasteiger partial charge in [0.15, 0.2) is 0 Å². The van der Waals surface area contributed by atoms with Crippen LogP contribution >= 0.6 is 0 Å². The van der Waals surface area contributed by atoms with Crippen LogP contribution in [-0.4, -0.2) is 5.84 Å². The van der Waals surface area contributed by atoms with E-state index >= 15 is 0 Å². The summed E-state index contributed by atoms with van der Waals surface area (Å²) in [6.45, 7) is 0. The zero-order chi connectivity index (χ0) is 8.27. The van der Waals surface area contributed by atoms with Crippen molar-refractivity contribution in [2.75, 3.05) is 0 Å². The van der Waals surface area contributed by atoms with Gasteiger partial charge in [-0.15, -0.1) is 0 Å². The number of halogens is 1. The summed E-state index contributed by atoms with van der Waals surface area (Å²) in [7, 11) is 0. The molecule has 0 saturated heterocycles. The lowest BCUT2D eigenvalue weighted by Crippen LogP contribution is -2.12. The smallest absolute Gasteiger partial charge is 0.123 e. The van der Waals surface area contributed by atoms with Gasteiger partial charge in [-0.05, 0) is 17.7 Å². The van der Waals surface area contributed by atoms with Crippen LogP contribution < -0.4 is 5.73 Å². The molecule has 0 saturated carbocycles. The van der Waals surface area contributed by atoms with Crippen LogP contribution in [0.5, 0.6) is 0 Å². The van der Waals surface area contributed by atoms with E-state index in [1.807, 2.05) is 0 Å². The van der Waals surface area contributed by atoms with Gasteiger partial charge in [0.05, 0.1) is 5.84 Å². The average molecular weight is 152 g/mol. The Labute approximate surface area is 64.4 Å². The second-order valence-electron chi connectivity index (χ2n) is 2.33. The van der Waals surface area contributed by atoms with Crippen molar-refractivity contribution >= 4 is 5.84 Å². The van der Waals surface area contributed by atoms with Gasteiger partial charge in [0.1, 0.15) is 5.82 Å². The van der Waals surface area contributed by atoms with Crippen LogP contribution in [0.15, 0.2) is 24.3 Å². The maximum Gasteiger partial charge on any atom is 0.123 e. The summed E-state index contributed by atoms with van der Waals surface area (Å²) in [6.07, 6.45) is 0.317. The highest BCUT2D eigenvalue weighted by atomic mass is 19.1. The predicted octanol–water partition coefficient (Wildman–Crippen LogP) is 1.30. The molecule has 1 rings (SSSR count). The molecule has 0 spiro atoms. The summed E-state index contributed by atoms with van der Waals surface area (Å²) < 4.78 is 12.5. The van der Waals surface area contributed by atoms with E-state index in [0.717, 1.165) is 5.56 Å². The third kappa shape index (κ3) is 2.37. The molecule has 0 amide bonds. The van der Waals surface area contributed by atoms with Crippen molar-refractivity contribution in [2.24, 2.45) is 5.73 Å². The SMILES string of the molecule is N=C(N)Cc1cccc(F)c1. The number of nitrogens with two attached hydrogens (primary N) is 1. The molecule has 3 N–H and O–H groups in total. The summed E-state index contributed by atoms with van der Waals surface area (Å²) in [5, 5.41) is 6.96. The zero-order valence-electron chi connectivity index (χ0n) is 5.97. The van der Waals surface area contributed by atoms with Gasteiger partial charge < -0.3 is 5.73 Å². The molecule has 0 aliphatic rings. The summed E-state index contributed by atoms with van der Waals surface area (Å²) >= 11 is 0. The number of rotatable bonds is 2. The average Bonchev–Trinajstić information content (AvgIpc) is 1.85. The van der Waals surface area contributed by atoms with Gasteiger partial charge >= 0.3 is 0 Å². The van der Waals surface area contributed by atoms with E-state index in [9.17, 15) is 4.39 Å². The first-order valence-electron chi connectivity index (χ1n) is 3.26. The second kappa shape index (κ2) is 3.14. The van der Waals surface area contributed by atoms with E-state index in [2.05, 4.69) is 0 Å². The predicted molar refractivity (Wildman–Crippen MR) is 42.0 cm³/mol. The molecule has 0 bridgehead atoms. The molecule has 2 nitrogen and oxygen atoms in total. The maximum absolute atomic E-state index is 12.5. The van der Waals surface area contributed by atoms with Crippen LogP contribution in [0.4, 0.5) is 4.39 Å².